The number of esters is 1. The number of carbonyl (C=O) groups is 3. The Hall–Kier alpha value is -3.56. The van der Waals surface area contributed by atoms with Gasteiger partial charge in [-0.2, -0.15) is 0 Å². The Kier molecular flexibility index (Phi) is 8.35. The molecular weight excluding hydrogens is 496 g/mol. The number of halogens is 1. The number of nitrogens with zero attached hydrogens (tertiary/aromatic N) is 3. The molecule has 2 aromatic rings. The lowest BCUT2D eigenvalue weighted by Crippen LogP contribution is -2.56. The third-order valence-corrected chi connectivity index (χ3v) is 6.88. The molecule has 0 radical (unpaired) electrons. The van der Waals surface area contributed by atoms with Crippen molar-refractivity contribution < 1.29 is 23.5 Å². The van der Waals surface area contributed by atoms with E-state index in [2.05, 4.69) is 16.8 Å². The molecule has 0 unspecified atom stereocenters. The van der Waals surface area contributed by atoms with Crippen LogP contribution < -0.4 is 5.32 Å². The van der Waals surface area contributed by atoms with Gasteiger partial charge in [0.15, 0.2) is 5.76 Å². The molecule has 0 aliphatic carbocycles. The largest absolute Gasteiger partial charge is 0.463 e. The zero-order valence-corrected chi connectivity index (χ0v) is 21.7. The minimum atomic E-state index is -0.768. The Labute approximate surface area is 221 Å². The molecule has 196 valence electrons. The number of hydrogen-bond acceptors (Lipinski definition) is 6. The van der Waals surface area contributed by atoms with Gasteiger partial charge >= 0.3 is 12.0 Å². The normalized spacial score (nSPS) is 20.6. The van der Waals surface area contributed by atoms with E-state index in [0.717, 1.165) is 0 Å². The van der Waals surface area contributed by atoms with Crippen molar-refractivity contribution in [1.82, 2.24) is 20.0 Å². The molecule has 1 aromatic heterocycles. The van der Waals surface area contributed by atoms with Crippen LogP contribution in [0, 0.1) is 0 Å². The average Bonchev–Trinajstić information content (AvgIpc) is 3.41. The van der Waals surface area contributed by atoms with Gasteiger partial charge in [-0.3, -0.25) is 14.6 Å². The first-order valence-electron chi connectivity index (χ1n) is 12.3. The summed E-state index contributed by atoms with van der Waals surface area (Å²) in [6, 6.07) is 9.22. The van der Waals surface area contributed by atoms with E-state index in [-0.39, 0.29) is 31.1 Å². The monoisotopic (exact) mass is 526 g/mol. The summed E-state index contributed by atoms with van der Waals surface area (Å²) >= 11 is 6.49. The van der Waals surface area contributed by atoms with E-state index in [1.807, 2.05) is 13.0 Å². The third-order valence-electron chi connectivity index (χ3n) is 6.54. The third kappa shape index (κ3) is 5.57. The molecule has 4 rings (SSSR count). The summed E-state index contributed by atoms with van der Waals surface area (Å²) in [5, 5.41) is 3.36. The summed E-state index contributed by atoms with van der Waals surface area (Å²) in [5.74, 6) is -0.375. The second kappa shape index (κ2) is 11.7. The average molecular weight is 527 g/mol. The standard InChI is InChI=1S/C27H31ClN4O5/c1-4-12-32-21(17-30-13-14-31(18(3)16-30)25(33)22-11-8-15-37-22)23(26(34)36-5-2)24(29-27(32)35)19-9-6-7-10-20(19)28/h4,6-11,15,18,24H,1,5,12-14,16-17H2,2-3H3,(H,29,35)/t18-,24-/m0/s1. The summed E-state index contributed by atoms with van der Waals surface area (Å²) in [6.07, 6.45) is 3.09. The van der Waals surface area contributed by atoms with Crippen LogP contribution in [0.3, 0.4) is 0 Å². The molecule has 3 heterocycles. The predicted octanol–water partition coefficient (Wildman–Crippen LogP) is 3.85. The van der Waals surface area contributed by atoms with Crippen LogP contribution in [0.5, 0.6) is 0 Å². The van der Waals surface area contributed by atoms with Crippen molar-refractivity contribution in [3.8, 4) is 0 Å². The highest BCUT2D eigenvalue weighted by Crippen LogP contribution is 2.35. The van der Waals surface area contributed by atoms with Gasteiger partial charge in [0, 0.05) is 49.5 Å². The quantitative estimate of drug-likeness (QED) is 0.415. The number of ether oxygens (including phenoxy) is 1. The van der Waals surface area contributed by atoms with E-state index in [1.54, 1.807) is 48.2 Å². The van der Waals surface area contributed by atoms with Crippen molar-refractivity contribution in [1.29, 1.82) is 0 Å². The molecule has 2 atom stereocenters. The van der Waals surface area contributed by atoms with Crippen LogP contribution in [-0.2, 0) is 9.53 Å². The molecule has 2 aliphatic rings. The van der Waals surface area contributed by atoms with Crippen molar-refractivity contribution >= 4 is 29.5 Å². The minimum absolute atomic E-state index is 0.109. The summed E-state index contributed by atoms with van der Waals surface area (Å²) in [7, 11) is 0. The molecule has 10 heteroatoms. The number of amides is 3. The molecule has 3 amide bonds. The molecule has 1 aromatic carbocycles. The summed E-state index contributed by atoms with van der Waals surface area (Å²) in [5.41, 5.74) is 1.47. The van der Waals surface area contributed by atoms with Crippen LogP contribution >= 0.6 is 11.6 Å². The first kappa shape index (κ1) is 26.5. The highest BCUT2D eigenvalue weighted by atomic mass is 35.5. The highest BCUT2D eigenvalue weighted by molar-refractivity contribution is 6.31. The van der Waals surface area contributed by atoms with Crippen molar-refractivity contribution in [2.24, 2.45) is 0 Å². The van der Waals surface area contributed by atoms with Crippen LogP contribution in [0.4, 0.5) is 4.79 Å². The Morgan fingerprint density at radius 2 is 2.03 bits per heavy atom. The van der Waals surface area contributed by atoms with Crippen LogP contribution in [-0.4, -0.2) is 78.0 Å². The van der Waals surface area contributed by atoms with E-state index >= 15 is 0 Å². The summed E-state index contributed by atoms with van der Waals surface area (Å²) in [4.78, 5) is 44.8. The van der Waals surface area contributed by atoms with Gasteiger partial charge in [0.05, 0.1) is 24.5 Å². The molecule has 0 spiro atoms. The molecule has 9 nitrogen and oxygen atoms in total. The van der Waals surface area contributed by atoms with E-state index in [4.69, 9.17) is 20.8 Å². The second-order valence-electron chi connectivity index (χ2n) is 8.94. The number of piperazine rings is 1. The second-order valence-corrected chi connectivity index (χ2v) is 9.35. The molecule has 0 saturated carbocycles. The van der Waals surface area contributed by atoms with Crippen LogP contribution in [0.1, 0.15) is 36.0 Å². The molecule has 1 N–H and O–H groups in total. The van der Waals surface area contributed by atoms with Gasteiger partial charge in [0.25, 0.3) is 5.91 Å². The van der Waals surface area contributed by atoms with E-state index in [0.29, 0.717) is 53.8 Å². The molecular formula is C27H31ClN4O5. The predicted molar refractivity (Wildman–Crippen MR) is 139 cm³/mol. The Bertz CT molecular complexity index is 1200. The number of nitrogens with one attached hydrogen (secondary N) is 1. The lowest BCUT2D eigenvalue weighted by molar-refractivity contribution is -0.139. The zero-order chi connectivity index (χ0) is 26.5. The highest BCUT2D eigenvalue weighted by Gasteiger charge is 2.40. The Morgan fingerprint density at radius 3 is 2.68 bits per heavy atom. The number of carbonyl (C=O) groups excluding carboxylic acids is 3. The fourth-order valence-electron chi connectivity index (χ4n) is 4.82. The smallest absolute Gasteiger partial charge is 0.338 e. The zero-order valence-electron chi connectivity index (χ0n) is 21.0. The van der Waals surface area contributed by atoms with Gasteiger partial charge in [0.1, 0.15) is 0 Å². The van der Waals surface area contributed by atoms with Gasteiger partial charge < -0.3 is 19.4 Å². The number of hydrogen-bond donors (Lipinski definition) is 1. The van der Waals surface area contributed by atoms with Crippen molar-refractivity contribution in [3.05, 3.63) is 82.9 Å². The molecule has 37 heavy (non-hydrogen) atoms. The minimum Gasteiger partial charge on any atom is -0.463 e. The fraction of sp³-hybridized carbons (Fsp3) is 0.370. The maximum absolute atomic E-state index is 13.3. The van der Waals surface area contributed by atoms with Crippen molar-refractivity contribution in [3.63, 3.8) is 0 Å². The number of furan rings is 1. The lowest BCUT2D eigenvalue weighted by atomic mass is 9.93. The molecule has 1 saturated heterocycles. The van der Waals surface area contributed by atoms with E-state index in [9.17, 15) is 14.4 Å². The SMILES string of the molecule is C=CCN1C(=O)N[C@@H](c2ccccc2Cl)C(C(=O)OCC)=C1CN1CCN(C(=O)c2ccco2)[C@@H](C)C1. The summed E-state index contributed by atoms with van der Waals surface area (Å²) in [6.45, 7) is 9.78. The first-order valence-corrected chi connectivity index (χ1v) is 12.6. The van der Waals surface area contributed by atoms with Crippen LogP contribution in [0.2, 0.25) is 5.02 Å². The van der Waals surface area contributed by atoms with Gasteiger partial charge in [-0.25, -0.2) is 9.59 Å². The Morgan fingerprint density at radius 1 is 1.24 bits per heavy atom. The van der Waals surface area contributed by atoms with Gasteiger partial charge in [0.2, 0.25) is 0 Å². The number of rotatable bonds is 8. The lowest BCUT2D eigenvalue weighted by Gasteiger charge is -2.42. The van der Waals surface area contributed by atoms with Crippen LogP contribution in [0.25, 0.3) is 0 Å². The van der Waals surface area contributed by atoms with Crippen molar-refractivity contribution in [2.75, 3.05) is 39.3 Å². The first-order chi connectivity index (χ1) is 17.8. The van der Waals surface area contributed by atoms with Crippen molar-refractivity contribution in [2.45, 2.75) is 25.9 Å². The van der Waals surface area contributed by atoms with E-state index < -0.39 is 12.0 Å². The molecule has 1 fully saturated rings. The van der Waals surface area contributed by atoms with Gasteiger partial charge in [-0.1, -0.05) is 35.9 Å². The fourth-order valence-corrected chi connectivity index (χ4v) is 5.06. The molecule has 0 bridgehead atoms. The summed E-state index contributed by atoms with van der Waals surface area (Å²) < 4.78 is 10.7. The number of urea groups is 1. The van der Waals surface area contributed by atoms with Gasteiger partial charge in [-0.05, 0) is 37.6 Å². The van der Waals surface area contributed by atoms with Gasteiger partial charge in [-0.15, -0.1) is 6.58 Å². The van der Waals surface area contributed by atoms with Crippen LogP contribution in [0.15, 0.2) is 71.0 Å². The topological polar surface area (TPSA) is 95.3 Å². The number of benzene rings is 1. The Balaban J connectivity index is 1.68. The maximum Gasteiger partial charge on any atom is 0.338 e. The van der Waals surface area contributed by atoms with E-state index in [1.165, 1.54) is 11.2 Å². The molecule has 2 aliphatic heterocycles. The maximum atomic E-state index is 13.3.